The Morgan fingerprint density at radius 2 is 1.86 bits per heavy atom. The number of nitrogens with zero attached hydrogens (tertiary/aromatic N) is 2. The van der Waals surface area contributed by atoms with Crippen molar-refractivity contribution in [2.45, 2.75) is 24.7 Å². The molecule has 0 radical (unpaired) electrons. The number of amides is 1. The predicted molar refractivity (Wildman–Crippen MR) is 112 cm³/mol. The van der Waals surface area contributed by atoms with Crippen molar-refractivity contribution in [1.29, 1.82) is 0 Å². The van der Waals surface area contributed by atoms with Gasteiger partial charge < -0.3 is 9.64 Å². The van der Waals surface area contributed by atoms with Gasteiger partial charge in [0.2, 0.25) is 10.0 Å². The Morgan fingerprint density at radius 3 is 2.62 bits per heavy atom. The lowest BCUT2D eigenvalue weighted by Crippen LogP contribution is -2.40. The van der Waals surface area contributed by atoms with Gasteiger partial charge in [-0.05, 0) is 49.1 Å². The van der Waals surface area contributed by atoms with Gasteiger partial charge in [-0.25, -0.2) is 8.42 Å². The van der Waals surface area contributed by atoms with Crippen molar-refractivity contribution in [1.82, 2.24) is 4.31 Å². The van der Waals surface area contributed by atoms with Gasteiger partial charge in [0.1, 0.15) is 0 Å². The molecule has 154 valence electrons. The molecule has 0 aliphatic carbocycles. The zero-order valence-corrected chi connectivity index (χ0v) is 17.8. The van der Waals surface area contributed by atoms with E-state index >= 15 is 0 Å². The number of morpholine rings is 1. The van der Waals surface area contributed by atoms with E-state index in [-0.39, 0.29) is 21.4 Å². The zero-order chi connectivity index (χ0) is 20.6. The molecule has 0 spiro atoms. The van der Waals surface area contributed by atoms with E-state index in [9.17, 15) is 13.2 Å². The van der Waals surface area contributed by atoms with E-state index in [4.69, 9.17) is 16.3 Å². The number of hydrogen-bond acceptors (Lipinski definition) is 4. The minimum Gasteiger partial charge on any atom is -0.379 e. The second kappa shape index (κ2) is 8.07. The fraction of sp³-hybridized carbons (Fsp3) is 0.381. The minimum atomic E-state index is -3.71. The first-order valence-corrected chi connectivity index (χ1v) is 11.5. The fourth-order valence-corrected chi connectivity index (χ4v) is 5.59. The van der Waals surface area contributed by atoms with E-state index in [0.717, 1.165) is 29.7 Å². The van der Waals surface area contributed by atoms with Gasteiger partial charge in [-0.3, -0.25) is 4.79 Å². The van der Waals surface area contributed by atoms with E-state index in [1.165, 1.54) is 22.5 Å². The zero-order valence-electron chi connectivity index (χ0n) is 16.2. The first-order chi connectivity index (χ1) is 13.9. The molecule has 2 aliphatic heterocycles. The summed E-state index contributed by atoms with van der Waals surface area (Å²) in [6, 6.07) is 10.4. The minimum absolute atomic E-state index is 0.0779. The molecule has 0 saturated carbocycles. The molecule has 6 nitrogen and oxygen atoms in total. The standard InChI is InChI=1S/C21H23ClN2O4S/c1-15-4-2-5-16-6-3-9-24(20(15)16)21(25)18-14-17(7-8-19(18)22)29(26,27)23-10-12-28-13-11-23/h2,4-5,7-8,14H,3,6,9-13H2,1H3. The van der Waals surface area contributed by atoms with Gasteiger partial charge in [0.25, 0.3) is 5.91 Å². The number of benzene rings is 2. The quantitative estimate of drug-likeness (QED) is 0.743. The van der Waals surface area contributed by atoms with Crippen LogP contribution in [0.3, 0.4) is 0 Å². The van der Waals surface area contributed by atoms with Crippen molar-refractivity contribution < 1.29 is 17.9 Å². The molecule has 2 aliphatic rings. The van der Waals surface area contributed by atoms with Crippen molar-refractivity contribution in [2.24, 2.45) is 0 Å². The molecular weight excluding hydrogens is 412 g/mol. The highest BCUT2D eigenvalue weighted by molar-refractivity contribution is 7.89. The van der Waals surface area contributed by atoms with E-state index in [1.807, 2.05) is 25.1 Å². The number of sulfonamides is 1. The molecule has 2 aromatic carbocycles. The molecule has 0 aromatic heterocycles. The molecule has 0 bridgehead atoms. The Morgan fingerprint density at radius 1 is 1.10 bits per heavy atom. The van der Waals surface area contributed by atoms with Crippen LogP contribution in [0.1, 0.15) is 27.9 Å². The Hall–Kier alpha value is -1.93. The summed E-state index contributed by atoms with van der Waals surface area (Å²) in [4.78, 5) is 15.2. The summed E-state index contributed by atoms with van der Waals surface area (Å²) >= 11 is 6.34. The van der Waals surface area contributed by atoms with Crippen LogP contribution in [0.5, 0.6) is 0 Å². The topological polar surface area (TPSA) is 66.9 Å². The number of ether oxygens (including phenoxy) is 1. The molecule has 0 atom stereocenters. The second-order valence-corrected chi connectivity index (χ2v) is 9.65. The lowest BCUT2D eigenvalue weighted by atomic mass is 9.97. The average molecular weight is 435 g/mol. The summed E-state index contributed by atoms with van der Waals surface area (Å²) in [5.74, 6) is -0.274. The number of carbonyl (C=O) groups is 1. The average Bonchev–Trinajstić information content (AvgIpc) is 2.74. The van der Waals surface area contributed by atoms with Gasteiger partial charge in [0, 0.05) is 19.6 Å². The number of anilines is 1. The number of halogens is 1. The summed E-state index contributed by atoms with van der Waals surface area (Å²) in [6.07, 6.45) is 1.77. The molecule has 1 amide bonds. The SMILES string of the molecule is Cc1cccc2c1N(C(=O)c1cc(S(=O)(=O)N3CCOCC3)ccc1Cl)CCC2. The smallest absolute Gasteiger partial charge is 0.259 e. The van der Waals surface area contributed by atoms with Gasteiger partial charge >= 0.3 is 0 Å². The van der Waals surface area contributed by atoms with Crippen LogP contribution < -0.4 is 4.90 Å². The van der Waals surface area contributed by atoms with Gasteiger partial charge in [-0.2, -0.15) is 4.31 Å². The molecular formula is C21H23ClN2O4S. The summed E-state index contributed by atoms with van der Waals surface area (Å²) in [7, 11) is -3.71. The number of aryl methyl sites for hydroxylation is 2. The van der Waals surface area contributed by atoms with E-state index in [2.05, 4.69) is 0 Å². The highest BCUT2D eigenvalue weighted by Crippen LogP contribution is 2.33. The van der Waals surface area contributed by atoms with Gasteiger partial charge in [-0.15, -0.1) is 0 Å². The predicted octanol–water partition coefficient (Wildman–Crippen LogP) is 3.26. The van der Waals surface area contributed by atoms with Gasteiger partial charge in [0.05, 0.1) is 34.4 Å². The molecule has 2 heterocycles. The maximum atomic E-state index is 13.4. The number of fused-ring (bicyclic) bond motifs is 1. The van der Waals surface area contributed by atoms with Crippen molar-refractivity contribution in [2.75, 3.05) is 37.7 Å². The number of para-hydroxylation sites is 1. The van der Waals surface area contributed by atoms with Crippen LogP contribution in [0, 0.1) is 6.92 Å². The molecule has 0 unspecified atom stereocenters. The van der Waals surface area contributed by atoms with Gasteiger partial charge in [0.15, 0.2) is 0 Å². The van der Waals surface area contributed by atoms with Crippen molar-refractivity contribution in [3.05, 3.63) is 58.1 Å². The summed E-state index contributed by atoms with van der Waals surface area (Å²) in [6.45, 7) is 3.88. The van der Waals surface area contributed by atoms with Crippen molar-refractivity contribution >= 4 is 33.2 Å². The third kappa shape index (κ3) is 3.80. The number of hydrogen-bond donors (Lipinski definition) is 0. The lowest BCUT2D eigenvalue weighted by molar-refractivity contribution is 0.0730. The fourth-order valence-electron chi connectivity index (χ4n) is 3.96. The van der Waals surface area contributed by atoms with Crippen LogP contribution in [0.2, 0.25) is 5.02 Å². The van der Waals surface area contributed by atoms with Crippen LogP contribution >= 0.6 is 11.6 Å². The Bertz CT molecular complexity index is 1050. The highest BCUT2D eigenvalue weighted by atomic mass is 35.5. The largest absolute Gasteiger partial charge is 0.379 e. The monoisotopic (exact) mass is 434 g/mol. The lowest BCUT2D eigenvalue weighted by Gasteiger charge is -2.31. The summed E-state index contributed by atoms with van der Waals surface area (Å²) < 4.78 is 32.6. The third-order valence-electron chi connectivity index (χ3n) is 5.44. The van der Waals surface area contributed by atoms with Crippen LogP contribution in [-0.2, 0) is 21.2 Å². The Balaban J connectivity index is 1.72. The molecule has 2 aromatic rings. The normalized spacial score (nSPS) is 17.8. The van der Waals surface area contributed by atoms with Crippen LogP contribution in [0.25, 0.3) is 0 Å². The Labute approximate surface area is 176 Å². The molecule has 29 heavy (non-hydrogen) atoms. The first-order valence-electron chi connectivity index (χ1n) is 9.67. The van der Waals surface area contributed by atoms with E-state index < -0.39 is 10.0 Å². The number of rotatable bonds is 3. The Kier molecular flexibility index (Phi) is 5.66. The van der Waals surface area contributed by atoms with Gasteiger partial charge in [-0.1, -0.05) is 29.8 Å². The van der Waals surface area contributed by atoms with Crippen molar-refractivity contribution in [3.63, 3.8) is 0 Å². The second-order valence-electron chi connectivity index (χ2n) is 7.30. The molecule has 1 fully saturated rings. The van der Waals surface area contributed by atoms with E-state index in [1.54, 1.807) is 4.90 Å². The molecule has 0 N–H and O–H groups in total. The molecule has 4 rings (SSSR count). The maximum absolute atomic E-state index is 13.4. The van der Waals surface area contributed by atoms with Crippen LogP contribution in [0.15, 0.2) is 41.3 Å². The maximum Gasteiger partial charge on any atom is 0.259 e. The molecule has 1 saturated heterocycles. The van der Waals surface area contributed by atoms with Crippen LogP contribution in [-0.4, -0.2) is 51.5 Å². The first kappa shape index (κ1) is 20.3. The van der Waals surface area contributed by atoms with Crippen LogP contribution in [0.4, 0.5) is 5.69 Å². The summed E-state index contributed by atoms with van der Waals surface area (Å²) in [5.41, 5.74) is 3.25. The third-order valence-corrected chi connectivity index (χ3v) is 7.66. The highest BCUT2D eigenvalue weighted by Gasteiger charge is 2.30. The molecule has 8 heteroatoms. The van der Waals surface area contributed by atoms with Crippen molar-refractivity contribution in [3.8, 4) is 0 Å². The number of carbonyl (C=O) groups excluding carboxylic acids is 1. The summed E-state index contributed by atoms with van der Waals surface area (Å²) in [5, 5.41) is 0.247. The van der Waals surface area contributed by atoms with E-state index in [0.29, 0.717) is 32.8 Å².